The Labute approximate surface area is 590 Å². The number of benzene rings is 3. The molecule has 4 unspecified atom stereocenters. The summed E-state index contributed by atoms with van der Waals surface area (Å²) in [7, 11) is 1.53. The molecule has 0 saturated heterocycles. The predicted octanol–water partition coefficient (Wildman–Crippen LogP) is 9.45. The maximum absolute atomic E-state index is 14.0. The van der Waals surface area contributed by atoms with Crippen LogP contribution in [0.15, 0.2) is 97.2 Å². The van der Waals surface area contributed by atoms with Gasteiger partial charge in [-0.25, -0.2) is 19.6 Å². The van der Waals surface area contributed by atoms with Gasteiger partial charge in [-0.15, -0.1) is 0 Å². The van der Waals surface area contributed by atoms with Crippen LogP contribution >= 0.6 is 11.3 Å². The Hall–Kier alpha value is -9.89. The number of alkyl carbamates (subject to hydrolysis) is 1. The van der Waals surface area contributed by atoms with Gasteiger partial charge in [0.1, 0.15) is 30.6 Å². The molecular weight excluding hydrogens is 1310 g/mol. The van der Waals surface area contributed by atoms with E-state index in [2.05, 4.69) is 52.3 Å². The lowest BCUT2D eigenvalue weighted by atomic mass is 9.50. The van der Waals surface area contributed by atoms with Crippen LogP contribution in [0.4, 0.5) is 21.4 Å². The van der Waals surface area contributed by atoms with E-state index >= 15 is 0 Å². The quantitative estimate of drug-likeness (QED) is 0.0163. The molecule has 2 aliphatic heterocycles. The molecule has 2 saturated carbocycles. The number of aromatic carboxylic acids is 1. The molecular formula is C74H90N12O14S. The topological polar surface area (TPSA) is 343 Å². The predicted molar refractivity (Wildman–Crippen MR) is 378 cm³/mol. The third-order valence-corrected chi connectivity index (χ3v) is 20.8. The van der Waals surface area contributed by atoms with Gasteiger partial charge in [-0.1, -0.05) is 88.8 Å². The number of rotatable bonds is 30. The van der Waals surface area contributed by atoms with Crippen molar-refractivity contribution in [3.8, 4) is 11.1 Å². The molecule has 10 rings (SSSR count). The number of hydrogen-bond donors (Lipinski definition) is 7. The van der Waals surface area contributed by atoms with Gasteiger partial charge in [0.05, 0.1) is 35.0 Å². The second-order valence-corrected chi connectivity index (χ2v) is 29.3. The summed E-state index contributed by atoms with van der Waals surface area (Å²) in [6, 6.07) is 19.9. The summed E-state index contributed by atoms with van der Waals surface area (Å²) in [6.45, 7) is 15.4. The standard InChI is InChI=1S/C74H90N12O14S/c1-9-73(43-86-47(6)53(37-75-86)51-25-26-58(80-64(51)69(96)97)84-31-29-49-16-15-17-52(54(49)38-84)66(93)82-70-78-55-18-12-13-19-57(55)101-70)40-72(7)35-45(4)36-74(41-72,42-73)100-33-32-83(8)68(95)56(34-62(90)91)79-71(98)99-39-48-21-23-50(24-22-48)77-65(92)46(5)76-67(94)63(44(2)3)81-59(87)20-11-10-14-30-85-60(88)27-28-61(85)89/h12-13,15-19,21-28,37,44-46,56,63H,9-11,14,20,29-36,38-43H2,1-8H3,(H,76,94)(H,77,92)(H,79,98)(H,81,87)(H,90,91)(H,96,97)(H,78,82,93)/t45?,46-,56-,63-,72?,73?,74?/m0/s1. The number of carbonyl (C=O) groups excluding carboxylic acids is 8. The molecule has 7 N–H and O–H groups in total. The van der Waals surface area contributed by atoms with Gasteiger partial charge in [0.2, 0.25) is 23.6 Å². The van der Waals surface area contributed by atoms with Gasteiger partial charge in [0, 0.05) is 86.4 Å². The number of imide groups is 1. The molecule has 6 aromatic rings. The Kier molecular flexibility index (Phi) is 23.2. The lowest BCUT2D eigenvalue weighted by Gasteiger charge is -2.59. The van der Waals surface area contributed by atoms with E-state index in [1.54, 1.807) is 56.4 Å². The molecule has 5 heterocycles. The van der Waals surface area contributed by atoms with Crippen LogP contribution in [-0.2, 0) is 69.2 Å². The van der Waals surface area contributed by atoms with Crippen LogP contribution in [0.1, 0.15) is 155 Å². The lowest BCUT2D eigenvalue weighted by molar-refractivity contribution is -0.184. The third-order valence-electron chi connectivity index (χ3n) is 19.9. The number of unbranched alkanes of at least 4 members (excludes halogenated alkanes) is 2. The fourth-order valence-electron chi connectivity index (χ4n) is 15.2. The summed E-state index contributed by atoms with van der Waals surface area (Å²) in [6.07, 6.45) is 9.70. The van der Waals surface area contributed by atoms with E-state index in [0.717, 1.165) is 64.0 Å². The lowest BCUT2D eigenvalue weighted by Crippen LogP contribution is -2.56. The summed E-state index contributed by atoms with van der Waals surface area (Å²) in [4.78, 5) is 143. The van der Waals surface area contributed by atoms with Crippen LogP contribution in [0, 0.1) is 29.6 Å². The number of anilines is 3. The molecule has 0 spiro atoms. The highest BCUT2D eigenvalue weighted by molar-refractivity contribution is 7.22. The summed E-state index contributed by atoms with van der Waals surface area (Å²) in [5.74, 6) is -5.09. The Morgan fingerprint density at radius 3 is 2.29 bits per heavy atom. The number of ether oxygens (including phenoxy) is 2. The largest absolute Gasteiger partial charge is 0.481 e. The third kappa shape index (κ3) is 18.0. The van der Waals surface area contributed by atoms with Crippen molar-refractivity contribution < 1.29 is 67.6 Å². The van der Waals surface area contributed by atoms with E-state index in [4.69, 9.17) is 19.6 Å². The molecule has 0 radical (unpaired) electrons. The SMILES string of the molecule is CCC1(Cn2ncc(-c3ccc(N4CCc5cccc(C(=O)Nc6nc7ccccc7s6)c5C4)nc3C(=O)O)c2C)CC2(C)CC(C)CC(OCCN(C)C(=O)[C@H](CC(=O)O)NC(=O)OCc3ccc(NC(=O)[C@H](C)NC(=O)[C@@H](NC(=O)CCCCCN4C(=O)C=CC4=O)C(C)C)cc3)(C2)C1. The van der Waals surface area contributed by atoms with Crippen molar-refractivity contribution in [1.29, 1.82) is 0 Å². The Morgan fingerprint density at radius 1 is 0.822 bits per heavy atom. The van der Waals surface area contributed by atoms with E-state index in [0.29, 0.717) is 96.5 Å². The van der Waals surface area contributed by atoms with Gasteiger partial charge in [0.25, 0.3) is 17.7 Å². The number of nitrogens with zero attached hydrogens (tertiary/aromatic N) is 7. The van der Waals surface area contributed by atoms with Crippen molar-refractivity contribution in [2.75, 3.05) is 48.8 Å². The number of carboxylic acids is 2. The average Bonchev–Trinajstić information content (AvgIpc) is 0.906. The molecule has 2 aliphatic carbocycles. The second-order valence-electron chi connectivity index (χ2n) is 28.3. The minimum absolute atomic E-state index is 0.0924. The van der Waals surface area contributed by atoms with Crippen LogP contribution in [-0.4, -0.2) is 156 Å². The van der Waals surface area contributed by atoms with Crippen molar-refractivity contribution in [3.63, 3.8) is 0 Å². The molecule has 3 aromatic heterocycles. The minimum Gasteiger partial charge on any atom is -0.481 e. The van der Waals surface area contributed by atoms with E-state index < -0.39 is 65.9 Å². The number of para-hydroxylation sites is 1. The van der Waals surface area contributed by atoms with E-state index in [-0.39, 0.29) is 78.8 Å². The summed E-state index contributed by atoms with van der Waals surface area (Å²) in [5, 5.41) is 39.6. The first-order valence-electron chi connectivity index (χ1n) is 34.5. The summed E-state index contributed by atoms with van der Waals surface area (Å²) < 4.78 is 15.4. The maximum Gasteiger partial charge on any atom is 0.408 e. The van der Waals surface area contributed by atoms with Crippen molar-refractivity contribution in [2.45, 2.75) is 169 Å². The fourth-order valence-corrected chi connectivity index (χ4v) is 16.1. The highest BCUT2D eigenvalue weighted by Gasteiger charge is 2.56. The number of carboxylic acid groups (broad SMARTS) is 2. The average molecular weight is 1400 g/mol. The van der Waals surface area contributed by atoms with E-state index in [1.165, 1.54) is 42.4 Å². The first-order valence-corrected chi connectivity index (χ1v) is 35.3. The normalized spacial score (nSPS) is 20.2. The van der Waals surface area contributed by atoms with E-state index in [9.17, 15) is 58.2 Å². The molecule has 2 fully saturated rings. The molecule has 7 atom stereocenters. The summed E-state index contributed by atoms with van der Waals surface area (Å²) in [5.41, 5.74) is 4.85. The zero-order valence-corrected chi connectivity index (χ0v) is 59.2. The van der Waals surface area contributed by atoms with Gasteiger partial charge >= 0.3 is 18.0 Å². The van der Waals surface area contributed by atoms with Crippen molar-refractivity contribution in [1.82, 2.24) is 45.5 Å². The molecule has 2 bridgehead atoms. The molecule has 26 nitrogen and oxygen atoms in total. The number of pyridine rings is 1. The smallest absolute Gasteiger partial charge is 0.408 e. The van der Waals surface area contributed by atoms with Crippen LogP contribution in [0.2, 0.25) is 0 Å². The zero-order valence-electron chi connectivity index (χ0n) is 58.4. The van der Waals surface area contributed by atoms with Gasteiger partial charge in [-0.3, -0.25) is 53.3 Å². The highest BCUT2D eigenvalue weighted by atomic mass is 32.1. The van der Waals surface area contributed by atoms with Gasteiger partial charge in [-0.05, 0) is 153 Å². The molecule has 27 heteroatoms. The first kappa shape index (κ1) is 73.8. The van der Waals surface area contributed by atoms with Gasteiger partial charge in [0.15, 0.2) is 10.8 Å². The number of fused-ring (bicyclic) bond motifs is 4. The van der Waals surface area contributed by atoms with Crippen molar-refractivity contribution in [3.05, 3.63) is 131 Å². The molecule has 4 aliphatic rings. The van der Waals surface area contributed by atoms with Crippen molar-refractivity contribution in [2.24, 2.45) is 22.7 Å². The van der Waals surface area contributed by atoms with Crippen molar-refractivity contribution >= 4 is 97.6 Å². The van der Waals surface area contributed by atoms with Crippen LogP contribution < -0.4 is 31.5 Å². The van der Waals surface area contributed by atoms with Gasteiger partial charge < -0.3 is 50.8 Å². The van der Waals surface area contributed by atoms with Gasteiger partial charge in [-0.2, -0.15) is 5.10 Å². The number of hydrogen-bond acceptors (Lipinski definition) is 17. The second kappa shape index (κ2) is 31.8. The number of nitrogens with one attached hydrogen (secondary N) is 5. The number of thiazole rings is 1. The molecule has 101 heavy (non-hydrogen) atoms. The first-order chi connectivity index (χ1) is 48.1. The Bertz CT molecular complexity index is 4120. The Morgan fingerprint density at radius 2 is 1.57 bits per heavy atom. The number of aliphatic carboxylic acids is 1. The van der Waals surface area contributed by atoms with Crippen LogP contribution in [0.5, 0.6) is 0 Å². The molecule has 3 aromatic carbocycles. The zero-order chi connectivity index (χ0) is 72.5. The maximum atomic E-state index is 14.0. The number of amides is 8. The monoisotopic (exact) mass is 1400 g/mol. The van der Waals surface area contributed by atoms with Crippen LogP contribution in [0.25, 0.3) is 21.3 Å². The summed E-state index contributed by atoms with van der Waals surface area (Å²) >= 11 is 1.40. The number of carbonyl (C=O) groups is 10. The molecule has 536 valence electrons. The highest BCUT2D eigenvalue weighted by Crippen LogP contribution is 2.61. The molecule has 8 amide bonds. The number of aromatic nitrogens is 4. The van der Waals surface area contributed by atoms with Crippen LogP contribution in [0.3, 0.4) is 0 Å². The van der Waals surface area contributed by atoms with E-state index in [1.807, 2.05) is 59.0 Å². The number of likely N-dealkylation sites (N-methyl/N-ethyl adjacent to an activating group) is 1. The Balaban J connectivity index is 0.703. The minimum atomic E-state index is -1.47. The fraction of sp³-hybridized carbons (Fsp3) is 0.473.